The van der Waals surface area contributed by atoms with Gasteiger partial charge in [0.2, 0.25) is 6.41 Å². The number of allylic oxidation sites excluding steroid dienone is 4. The molecule has 0 saturated heterocycles. The zero-order chi connectivity index (χ0) is 18.2. The molecule has 1 heterocycles. The fraction of sp³-hybridized carbons (Fsp3) is 0.167. The molecule has 0 unspecified atom stereocenters. The van der Waals surface area contributed by atoms with Crippen LogP contribution in [0.15, 0.2) is 42.2 Å². The third-order valence-electron chi connectivity index (χ3n) is 3.25. The molecule has 1 aromatic heterocycles. The van der Waals surface area contributed by atoms with Crippen molar-refractivity contribution < 1.29 is 4.79 Å². The zero-order valence-electron chi connectivity index (χ0n) is 14.4. The van der Waals surface area contributed by atoms with Crippen LogP contribution in [0.25, 0.3) is 22.2 Å². The SMILES string of the molecule is CN/C=C(\C=N)c1nnc2cc(/C(C=C(C)C)=C/NC=O)ccc2n1. The summed E-state index contributed by atoms with van der Waals surface area (Å²) in [7, 11) is 1.74. The van der Waals surface area contributed by atoms with Gasteiger partial charge in [0, 0.05) is 25.7 Å². The van der Waals surface area contributed by atoms with E-state index in [1.807, 2.05) is 38.1 Å². The van der Waals surface area contributed by atoms with Crippen LogP contribution in [0.1, 0.15) is 25.2 Å². The van der Waals surface area contributed by atoms with Gasteiger partial charge in [-0.1, -0.05) is 17.7 Å². The molecule has 128 valence electrons. The van der Waals surface area contributed by atoms with Crippen LogP contribution in [0, 0.1) is 5.41 Å². The molecule has 7 nitrogen and oxygen atoms in total. The number of rotatable bonds is 7. The fourth-order valence-corrected chi connectivity index (χ4v) is 2.21. The summed E-state index contributed by atoms with van der Waals surface area (Å²) >= 11 is 0. The van der Waals surface area contributed by atoms with Crippen molar-refractivity contribution >= 4 is 34.8 Å². The van der Waals surface area contributed by atoms with E-state index in [1.165, 1.54) is 6.21 Å². The number of fused-ring (bicyclic) bond motifs is 1. The topological polar surface area (TPSA) is 104 Å². The van der Waals surface area contributed by atoms with Crippen molar-refractivity contribution in [3.05, 3.63) is 53.6 Å². The Bertz CT molecular complexity index is 878. The molecule has 0 radical (unpaired) electrons. The Kier molecular flexibility index (Phi) is 6.11. The highest BCUT2D eigenvalue weighted by Crippen LogP contribution is 2.21. The smallest absolute Gasteiger partial charge is 0.211 e. The highest BCUT2D eigenvalue weighted by Gasteiger charge is 2.07. The fourth-order valence-electron chi connectivity index (χ4n) is 2.21. The van der Waals surface area contributed by atoms with Gasteiger partial charge in [-0.05, 0) is 37.1 Å². The normalized spacial score (nSPS) is 11.8. The van der Waals surface area contributed by atoms with Crippen molar-refractivity contribution in [2.75, 3.05) is 7.05 Å². The van der Waals surface area contributed by atoms with Crippen molar-refractivity contribution in [1.82, 2.24) is 25.8 Å². The van der Waals surface area contributed by atoms with E-state index in [0.717, 1.165) is 16.7 Å². The average molecular weight is 336 g/mol. The van der Waals surface area contributed by atoms with Gasteiger partial charge in [-0.3, -0.25) is 4.79 Å². The Morgan fingerprint density at radius 1 is 1.12 bits per heavy atom. The van der Waals surface area contributed by atoms with E-state index < -0.39 is 0 Å². The van der Waals surface area contributed by atoms with E-state index in [4.69, 9.17) is 5.41 Å². The average Bonchev–Trinajstić information content (AvgIpc) is 2.62. The summed E-state index contributed by atoms with van der Waals surface area (Å²) < 4.78 is 0. The molecule has 3 N–H and O–H groups in total. The second-order valence-corrected chi connectivity index (χ2v) is 5.48. The van der Waals surface area contributed by atoms with Crippen molar-refractivity contribution in [3.8, 4) is 0 Å². The van der Waals surface area contributed by atoms with Gasteiger partial charge in [-0.25, -0.2) is 4.98 Å². The van der Waals surface area contributed by atoms with Crippen LogP contribution >= 0.6 is 0 Å². The third kappa shape index (κ3) is 4.57. The second-order valence-electron chi connectivity index (χ2n) is 5.48. The predicted octanol–water partition coefficient (Wildman–Crippen LogP) is 2.29. The van der Waals surface area contributed by atoms with Gasteiger partial charge < -0.3 is 16.0 Å². The maximum atomic E-state index is 10.6. The lowest BCUT2D eigenvalue weighted by Gasteiger charge is -2.06. The molecule has 0 aliphatic heterocycles. The van der Waals surface area contributed by atoms with Crippen LogP contribution in [0.5, 0.6) is 0 Å². The van der Waals surface area contributed by atoms with E-state index >= 15 is 0 Å². The van der Waals surface area contributed by atoms with E-state index in [0.29, 0.717) is 28.8 Å². The Morgan fingerprint density at radius 2 is 1.92 bits per heavy atom. The number of carbonyl (C=O) groups excluding carboxylic acids is 1. The Labute approximate surface area is 146 Å². The maximum Gasteiger partial charge on any atom is 0.211 e. The minimum atomic E-state index is 0.382. The largest absolute Gasteiger partial charge is 0.393 e. The number of benzene rings is 1. The lowest BCUT2D eigenvalue weighted by atomic mass is 10.0. The van der Waals surface area contributed by atoms with Crippen LogP contribution < -0.4 is 10.6 Å². The molecule has 0 atom stereocenters. The highest BCUT2D eigenvalue weighted by molar-refractivity contribution is 6.06. The lowest BCUT2D eigenvalue weighted by molar-refractivity contribution is -0.108. The molecule has 25 heavy (non-hydrogen) atoms. The molecule has 2 aromatic rings. The minimum absolute atomic E-state index is 0.382. The molecule has 2 rings (SSSR count). The van der Waals surface area contributed by atoms with Crippen molar-refractivity contribution in [2.45, 2.75) is 13.8 Å². The predicted molar refractivity (Wildman–Crippen MR) is 99.8 cm³/mol. The van der Waals surface area contributed by atoms with Crippen molar-refractivity contribution in [3.63, 3.8) is 0 Å². The number of hydrogen-bond donors (Lipinski definition) is 3. The molecule has 0 bridgehead atoms. The molecular weight excluding hydrogens is 316 g/mol. The van der Waals surface area contributed by atoms with Crippen LogP contribution in [-0.2, 0) is 4.79 Å². The van der Waals surface area contributed by atoms with Gasteiger partial charge in [0.15, 0.2) is 5.82 Å². The zero-order valence-corrected chi connectivity index (χ0v) is 14.4. The summed E-state index contributed by atoms with van der Waals surface area (Å²) in [6, 6.07) is 5.62. The molecule has 0 aliphatic rings. The summed E-state index contributed by atoms with van der Waals surface area (Å²) in [5.74, 6) is 0.382. The summed E-state index contributed by atoms with van der Waals surface area (Å²) in [6.45, 7) is 3.97. The summed E-state index contributed by atoms with van der Waals surface area (Å²) in [5.41, 5.74) is 4.71. The molecule has 1 aromatic carbocycles. The first-order valence-corrected chi connectivity index (χ1v) is 7.67. The first kappa shape index (κ1) is 18.0. The molecule has 7 heteroatoms. The van der Waals surface area contributed by atoms with Gasteiger partial charge in [0.05, 0.1) is 11.1 Å². The van der Waals surface area contributed by atoms with Gasteiger partial charge in [0.25, 0.3) is 0 Å². The number of carbonyl (C=O) groups is 1. The quantitative estimate of drug-likeness (QED) is 0.409. The summed E-state index contributed by atoms with van der Waals surface area (Å²) in [6.07, 6.45) is 7.05. The van der Waals surface area contributed by atoms with E-state index in [9.17, 15) is 4.79 Å². The minimum Gasteiger partial charge on any atom is -0.393 e. The number of amides is 1. The molecule has 1 amide bonds. The van der Waals surface area contributed by atoms with Gasteiger partial charge >= 0.3 is 0 Å². The van der Waals surface area contributed by atoms with Gasteiger partial charge in [-0.15, -0.1) is 10.2 Å². The molecular formula is C18H20N6O. The number of aromatic nitrogens is 3. The Morgan fingerprint density at radius 3 is 2.56 bits per heavy atom. The second kappa shape index (κ2) is 8.49. The molecule has 0 spiro atoms. The van der Waals surface area contributed by atoms with Crippen LogP contribution in [0.4, 0.5) is 0 Å². The Balaban J connectivity index is 2.49. The Hall–Kier alpha value is -3.35. The number of nitrogens with one attached hydrogen (secondary N) is 3. The molecule has 0 saturated carbocycles. The van der Waals surface area contributed by atoms with E-state index in [2.05, 4.69) is 25.8 Å². The first-order chi connectivity index (χ1) is 12.1. The maximum absolute atomic E-state index is 10.6. The standard InChI is InChI=1S/C18H20N6O/c1-12(2)6-14(10-21-11-25)13-4-5-16-17(7-13)23-24-18(22-16)15(8-19)9-20-3/h4-11,19-20H,1-3H3,(H,21,25)/b14-10+,15-9+,19-8?. The monoisotopic (exact) mass is 336 g/mol. The van der Waals surface area contributed by atoms with E-state index in [-0.39, 0.29) is 0 Å². The van der Waals surface area contributed by atoms with Crippen molar-refractivity contribution in [1.29, 1.82) is 5.41 Å². The first-order valence-electron chi connectivity index (χ1n) is 7.67. The van der Waals surface area contributed by atoms with Crippen LogP contribution in [0.3, 0.4) is 0 Å². The summed E-state index contributed by atoms with van der Waals surface area (Å²) in [5, 5.41) is 21.2. The molecule has 0 fully saturated rings. The molecule has 0 aliphatic carbocycles. The van der Waals surface area contributed by atoms with E-state index in [1.54, 1.807) is 19.4 Å². The van der Waals surface area contributed by atoms with Crippen LogP contribution in [0.2, 0.25) is 0 Å². The van der Waals surface area contributed by atoms with Gasteiger partial charge in [-0.2, -0.15) is 0 Å². The highest BCUT2D eigenvalue weighted by atomic mass is 16.1. The van der Waals surface area contributed by atoms with Crippen molar-refractivity contribution in [2.24, 2.45) is 0 Å². The van der Waals surface area contributed by atoms with Crippen LogP contribution in [-0.4, -0.2) is 34.9 Å². The van der Waals surface area contributed by atoms with Gasteiger partial charge in [0.1, 0.15) is 5.52 Å². The number of hydrogen-bond acceptors (Lipinski definition) is 6. The number of nitrogens with zero attached hydrogens (tertiary/aromatic N) is 3. The third-order valence-corrected chi connectivity index (χ3v) is 3.25. The lowest BCUT2D eigenvalue weighted by Crippen LogP contribution is -2.03. The summed E-state index contributed by atoms with van der Waals surface area (Å²) in [4.78, 5) is 15.0.